The molecule has 0 saturated carbocycles. The summed E-state index contributed by atoms with van der Waals surface area (Å²) in [5.41, 5.74) is 1.54. The van der Waals surface area contributed by atoms with E-state index in [-0.39, 0.29) is 6.61 Å². The Kier molecular flexibility index (Phi) is 3.08. The standard InChI is InChI=1S/C11H9BrN2O/c12-10-4-2-1-3-9(10)11-13-6-5-8(7-15)14-11/h1-6,15H,7H2. The maximum atomic E-state index is 8.98. The summed E-state index contributed by atoms with van der Waals surface area (Å²) in [5, 5.41) is 8.98. The van der Waals surface area contributed by atoms with E-state index in [0.29, 0.717) is 11.5 Å². The molecular formula is C11H9BrN2O. The van der Waals surface area contributed by atoms with E-state index < -0.39 is 0 Å². The average Bonchev–Trinajstić information content (AvgIpc) is 2.30. The third-order valence-electron chi connectivity index (χ3n) is 1.99. The van der Waals surface area contributed by atoms with Crippen LogP contribution in [0.15, 0.2) is 41.0 Å². The molecule has 0 unspecified atom stereocenters. The molecule has 2 rings (SSSR count). The van der Waals surface area contributed by atoms with E-state index in [1.165, 1.54) is 0 Å². The number of rotatable bonds is 2. The number of nitrogens with zero attached hydrogens (tertiary/aromatic N) is 2. The number of benzene rings is 1. The fourth-order valence-corrected chi connectivity index (χ4v) is 1.72. The van der Waals surface area contributed by atoms with Gasteiger partial charge in [0.15, 0.2) is 5.82 Å². The van der Waals surface area contributed by atoms with Crippen LogP contribution < -0.4 is 0 Å². The third-order valence-corrected chi connectivity index (χ3v) is 2.68. The molecule has 0 amide bonds. The van der Waals surface area contributed by atoms with Gasteiger partial charge in [0, 0.05) is 16.2 Å². The Labute approximate surface area is 96.0 Å². The van der Waals surface area contributed by atoms with Crippen LogP contribution in [0.5, 0.6) is 0 Å². The van der Waals surface area contributed by atoms with Crippen LogP contribution in [0.3, 0.4) is 0 Å². The van der Waals surface area contributed by atoms with E-state index in [1.807, 2.05) is 24.3 Å². The summed E-state index contributed by atoms with van der Waals surface area (Å²) in [4.78, 5) is 8.40. The van der Waals surface area contributed by atoms with Gasteiger partial charge in [-0.15, -0.1) is 0 Å². The lowest BCUT2D eigenvalue weighted by Crippen LogP contribution is -1.94. The van der Waals surface area contributed by atoms with E-state index >= 15 is 0 Å². The van der Waals surface area contributed by atoms with Crippen molar-refractivity contribution >= 4 is 15.9 Å². The first-order chi connectivity index (χ1) is 7.31. The zero-order valence-corrected chi connectivity index (χ0v) is 9.48. The first-order valence-electron chi connectivity index (χ1n) is 4.49. The minimum Gasteiger partial charge on any atom is -0.390 e. The summed E-state index contributed by atoms with van der Waals surface area (Å²) < 4.78 is 0.945. The minimum atomic E-state index is -0.0695. The quantitative estimate of drug-likeness (QED) is 0.906. The van der Waals surface area contributed by atoms with Gasteiger partial charge in [-0.2, -0.15) is 0 Å². The first-order valence-corrected chi connectivity index (χ1v) is 5.28. The summed E-state index contributed by atoms with van der Waals surface area (Å²) in [6.07, 6.45) is 1.65. The van der Waals surface area contributed by atoms with E-state index in [4.69, 9.17) is 5.11 Å². The van der Waals surface area contributed by atoms with Crippen LogP contribution in [0.4, 0.5) is 0 Å². The minimum absolute atomic E-state index is 0.0695. The molecule has 1 N–H and O–H groups in total. The molecule has 15 heavy (non-hydrogen) atoms. The van der Waals surface area contributed by atoms with Crippen molar-refractivity contribution in [2.75, 3.05) is 0 Å². The van der Waals surface area contributed by atoms with Crippen LogP contribution in [-0.2, 0) is 6.61 Å². The lowest BCUT2D eigenvalue weighted by Gasteiger charge is -2.03. The van der Waals surface area contributed by atoms with Crippen LogP contribution in [-0.4, -0.2) is 15.1 Å². The highest BCUT2D eigenvalue weighted by molar-refractivity contribution is 9.10. The predicted octanol–water partition coefficient (Wildman–Crippen LogP) is 2.40. The van der Waals surface area contributed by atoms with Crippen molar-refractivity contribution in [1.29, 1.82) is 0 Å². The van der Waals surface area contributed by atoms with Crippen LogP contribution in [0, 0.1) is 0 Å². The second-order valence-corrected chi connectivity index (χ2v) is 3.86. The summed E-state index contributed by atoms with van der Waals surface area (Å²) in [7, 11) is 0. The molecule has 1 heterocycles. The summed E-state index contributed by atoms with van der Waals surface area (Å²) in [6.45, 7) is -0.0695. The highest BCUT2D eigenvalue weighted by atomic mass is 79.9. The molecule has 1 aromatic carbocycles. The van der Waals surface area contributed by atoms with Crippen LogP contribution in [0.1, 0.15) is 5.69 Å². The van der Waals surface area contributed by atoms with E-state index in [9.17, 15) is 0 Å². The van der Waals surface area contributed by atoms with Crippen molar-refractivity contribution in [2.24, 2.45) is 0 Å². The van der Waals surface area contributed by atoms with Crippen molar-refractivity contribution in [3.63, 3.8) is 0 Å². The van der Waals surface area contributed by atoms with Crippen LogP contribution in [0.2, 0.25) is 0 Å². The highest BCUT2D eigenvalue weighted by Gasteiger charge is 2.05. The average molecular weight is 265 g/mol. The molecule has 0 aliphatic rings. The maximum Gasteiger partial charge on any atom is 0.160 e. The van der Waals surface area contributed by atoms with Crippen LogP contribution >= 0.6 is 15.9 Å². The summed E-state index contributed by atoms with van der Waals surface area (Å²) >= 11 is 3.44. The molecule has 0 radical (unpaired) electrons. The zero-order chi connectivity index (χ0) is 10.7. The highest BCUT2D eigenvalue weighted by Crippen LogP contribution is 2.24. The fourth-order valence-electron chi connectivity index (χ4n) is 1.26. The second-order valence-electron chi connectivity index (χ2n) is 3.01. The van der Waals surface area contributed by atoms with Crippen molar-refractivity contribution in [1.82, 2.24) is 9.97 Å². The molecule has 0 bridgehead atoms. The number of hydrogen-bond donors (Lipinski definition) is 1. The van der Waals surface area contributed by atoms with Gasteiger partial charge in [0.25, 0.3) is 0 Å². The normalized spacial score (nSPS) is 10.3. The van der Waals surface area contributed by atoms with Gasteiger partial charge < -0.3 is 5.11 Å². The Morgan fingerprint density at radius 1 is 1.20 bits per heavy atom. The molecule has 0 aliphatic heterocycles. The van der Waals surface area contributed by atoms with Crippen molar-refractivity contribution in [2.45, 2.75) is 6.61 Å². The number of aromatic nitrogens is 2. The largest absolute Gasteiger partial charge is 0.390 e. The topological polar surface area (TPSA) is 46.0 Å². The van der Waals surface area contributed by atoms with Crippen molar-refractivity contribution in [3.8, 4) is 11.4 Å². The van der Waals surface area contributed by atoms with Gasteiger partial charge in [-0.3, -0.25) is 0 Å². The molecule has 4 heteroatoms. The smallest absolute Gasteiger partial charge is 0.160 e. The molecule has 2 aromatic rings. The summed E-state index contributed by atoms with van der Waals surface area (Å²) in [5.74, 6) is 0.619. The third kappa shape index (κ3) is 2.22. The van der Waals surface area contributed by atoms with Gasteiger partial charge in [0.05, 0.1) is 12.3 Å². The van der Waals surface area contributed by atoms with Gasteiger partial charge in [0.1, 0.15) is 0 Å². The number of aliphatic hydroxyl groups is 1. The maximum absolute atomic E-state index is 8.98. The molecule has 0 fully saturated rings. The van der Waals surface area contributed by atoms with Crippen molar-refractivity contribution in [3.05, 3.63) is 46.7 Å². The Bertz CT molecular complexity index is 474. The van der Waals surface area contributed by atoms with Gasteiger partial charge in [-0.05, 0) is 12.1 Å². The Morgan fingerprint density at radius 3 is 2.73 bits per heavy atom. The van der Waals surface area contributed by atoms with Crippen LogP contribution in [0.25, 0.3) is 11.4 Å². The fraction of sp³-hybridized carbons (Fsp3) is 0.0909. The number of hydrogen-bond acceptors (Lipinski definition) is 3. The monoisotopic (exact) mass is 264 g/mol. The Morgan fingerprint density at radius 2 is 2.00 bits per heavy atom. The SMILES string of the molecule is OCc1ccnc(-c2ccccc2Br)n1. The molecule has 3 nitrogen and oxygen atoms in total. The number of halogens is 1. The predicted molar refractivity (Wildman–Crippen MR) is 61.1 cm³/mol. The molecule has 1 aromatic heterocycles. The molecular weight excluding hydrogens is 256 g/mol. The van der Waals surface area contributed by atoms with Gasteiger partial charge in [-0.1, -0.05) is 34.1 Å². The molecule has 0 spiro atoms. The molecule has 0 atom stereocenters. The first kappa shape index (κ1) is 10.3. The zero-order valence-electron chi connectivity index (χ0n) is 7.89. The molecule has 0 saturated heterocycles. The number of aliphatic hydroxyl groups excluding tert-OH is 1. The second kappa shape index (κ2) is 4.51. The van der Waals surface area contributed by atoms with Gasteiger partial charge in [0.2, 0.25) is 0 Å². The van der Waals surface area contributed by atoms with E-state index in [2.05, 4.69) is 25.9 Å². The lowest BCUT2D eigenvalue weighted by atomic mass is 10.2. The van der Waals surface area contributed by atoms with E-state index in [0.717, 1.165) is 10.0 Å². The van der Waals surface area contributed by atoms with Crippen molar-refractivity contribution < 1.29 is 5.11 Å². The Hall–Kier alpha value is -1.26. The Balaban J connectivity index is 2.49. The molecule has 0 aliphatic carbocycles. The van der Waals surface area contributed by atoms with Gasteiger partial charge >= 0.3 is 0 Å². The lowest BCUT2D eigenvalue weighted by molar-refractivity contribution is 0.277. The van der Waals surface area contributed by atoms with Gasteiger partial charge in [-0.25, -0.2) is 9.97 Å². The molecule has 76 valence electrons. The van der Waals surface area contributed by atoms with E-state index in [1.54, 1.807) is 12.3 Å². The summed E-state index contributed by atoms with van der Waals surface area (Å²) in [6, 6.07) is 9.42.